The second kappa shape index (κ2) is 5.82. The van der Waals surface area contributed by atoms with Gasteiger partial charge in [-0.15, -0.1) is 0 Å². The van der Waals surface area contributed by atoms with Crippen LogP contribution in [0.1, 0.15) is 13.8 Å². The largest absolute Gasteiger partial charge is 0.272 e. The third-order valence-electron chi connectivity index (χ3n) is 4.02. The Morgan fingerprint density at radius 1 is 1.04 bits per heavy atom. The molecule has 0 bridgehead atoms. The number of pyridine rings is 1. The first-order valence-corrected chi connectivity index (χ1v) is 8.03. The first-order valence-electron chi connectivity index (χ1n) is 6.90. The second-order valence-electron chi connectivity index (χ2n) is 5.45. The summed E-state index contributed by atoms with van der Waals surface area (Å²) in [6, 6.07) is 4.87. The van der Waals surface area contributed by atoms with E-state index in [-0.39, 0.29) is 34.5 Å². The van der Waals surface area contributed by atoms with Gasteiger partial charge in [-0.25, -0.2) is 4.98 Å². The van der Waals surface area contributed by atoms with Crippen molar-refractivity contribution < 1.29 is 9.59 Å². The van der Waals surface area contributed by atoms with Gasteiger partial charge in [0.05, 0.1) is 20.6 Å². The van der Waals surface area contributed by atoms with Gasteiger partial charge >= 0.3 is 0 Å². The van der Waals surface area contributed by atoms with E-state index in [1.165, 1.54) is 6.07 Å². The number of imide groups is 1. The maximum absolute atomic E-state index is 12.1. The molecule has 2 aromatic rings. The van der Waals surface area contributed by atoms with Gasteiger partial charge in [-0.2, -0.15) is 5.01 Å². The van der Waals surface area contributed by atoms with E-state index in [0.29, 0.717) is 20.9 Å². The number of rotatable bonds is 2. The Hall–Kier alpha value is -1.56. The highest BCUT2D eigenvalue weighted by Gasteiger charge is 2.42. The number of aromatic nitrogens is 1. The Labute approximate surface area is 147 Å². The van der Waals surface area contributed by atoms with E-state index in [4.69, 9.17) is 34.8 Å². The van der Waals surface area contributed by atoms with Crippen molar-refractivity contribution in [2.24, 2.45) is 11.8 Å². The molecule has 120 valence electrons. The molecule has 0 spiro atoms. The number of benzene rings is 1. The number of anilines is 1. The number of nitrogens with zero attached hydrogens (tertiary/aromatic N) is 2. The van der Waals surface area contributed by atoms with Crippen LogP contribution in [-0.4, -0.2) is 21.8 Å². The van der Waals surface area contributed by atoms with Crippen molar-refractivity contribution in [2.75, 3.05) is 5.43 Å². The molecule has 1 saturated heterocycles. The van der Waals surface area contributed by atoms with Crippen LogP contribution in [-0.2, 0) is 9.59 Å². The summed E-state index contributed by atoms with van der Waals surface area (Å²) in [6.07, 6.45) is 0. The molecule has 23 heavy (non-hydrogen) atoms. The number of nitrogens with one attached hydrogen (secondary N) is 1. The molecule has 5 nitrogen and oxygen atoms in total. The standard InChI is InChI=1S/C15H12Cl3N3O2/c1-6-7(2)15(23)21(14(6)22)20-11-5-10(17)8-3-4-9(16)12(18)13(8)19-11/h3-7H,1-2H3,(H,19,20). The molecule has 0 saturated carbocycles. The molecule has 1 aromatic carbocycles. The lowest BCUT2D eigenvalue weighted by atomic mass is 10.00. The molecule has 1 N–H and O–H groups in total. The van der Waals surface area contributed by atoms with Crippen LogP contribution in [0.2, 0.25) is 15.1 Å². The predicted octanol–water partition coefficient (Wildman–Crippen LogP) is 4.16. The summed E-state index contributed by atoms with van der Waals surface area (Å²) in [5, 5.41) is 2.59. The summed E-state index contributed by atoms with van der Waals surface area (Å²) in [5.74, 6) is -1.14. The summed E-state index contributed by atoms with van der Waals surface area (Å²) >= 11 is 18.4. The van der Waals surface area contributed by atoms with Crippen LogP contribution in [0.4, 0.5) is 5.82 Å². The summed E-state index contributed by atoms with van der Waals surface area (Å²) in [6.45, 7) is 3.42. The number of hydrogen-bond donors (Lipinski definition) is 1. The number of amides is 2. The van der Waals surface area contributed by atoms with Crippen molar-refractivity contribution in [3.63, 3.8) is 0 Å². The average molecular weight is 373 g/mol. The molecule has 1 aliphatic rings. The van der Waals surface area contributed by atoms with E-state index in [1.54, 1.807) is 26.0 Å². The monoisotopic (exact) mass is 371 g/mol. The Bertz CT molecular complexity index is 820. The fraction of sp³-hybridized carbons (Fsp3) is 0.267. The van der Waals surface area contributed by atoms with Crippen LogP contribution < -0.4 is 5.43 Å². The van der Waals surface area contributed by atoms with Crippen LogP contribution in [0.5, 0.6) is 0 Å². The molecule has 1 aromatic heterocycles. The molecule has 2 heterocycles. The SMILES string of the molecule is CC1C(=O)N(Nc2cc(Cl)c3ccc(Cl)c(Cl)c3n2)C(=O)C1C. The van der Waals surface area contributed by atoms with E-state index >= 15 is 0 Å². The molecule has 0 aliphatic carbocycles. The number of halogens is 3. The van der Waals surface area contributed by atoms with Crippen LogP contribution in [0, 0.1) is 11.8 Å². The molecule has 8 heteroatoms. The third kappa shape index (κ3) is 2.63. The zero-order valence-electron chi connectivity index (χ0n) is 12.2. The Morgan fingerprint density at radius 3 is 2.26 bits per heavy atom. The lowest BCUT2D eigenvalue weighted by Crippen LogP contribution is -2.36. The Kier molecular flexibility index (Phi) is 4.12. The van der Waals surface area contributed by atoms with Gasteiger partial charge in [0, 0.05) is 23.3 Å². The molecule has 1 fully saturated rings. The minimum absolute atomic E-state index is 0.245. The van der Waals surface area contributed by atoms with Crippen LogP contribution >= 0.6 is 34.8 Å². The highest BCUT2D eigenvalue weighted by atomic mass is 35.5. The van der Waals surface area contributed by atoms with E-state index in [9.17, 15) is 9.59 Å². The molecule has 1 aliphatic heterocycles. The first-order chi connectivity index (χ1) is 10.8. The van der Waals surface area contributed by atoms with Crippen molar-refractivity contribution >= 4 is 63.3 Å². The molecule has 0 radical (unpaired) electrons. The highest BCUT2D eigenvalue weighted by Crippen LogP contribution is 2.35. The second-order valence-corrected chi connectivity index (χ2v) is 6.64. The minimum atomic E-state index is -0.385. The van der Waals surface area contributed by atoms with Crippen LogP contribution in [0.15, 0.2) is 18.2 Å². The minimum Gasteiger partial charge on any atom is -0.272 e. The average Bonchev–Trinajstić information content (AvgIpc) is 2.69. The van der Waals surface area contributed by atoms with Crippen molar-refractivity contribution in [2.45, 2.75) is 13.8 Å². The van der Waals surface area contributed by atoms with Gasteiger partial charge in [0.15, 0.2) is 0 Å². The van der Waals surface area contributed by atoms with Gasteiger partial charge in [-0.3, -0.25) is 15.0 Å². The number of carbonyl (C=O) groups excluding carboxylic acids is 2. The van der Waals surface area contributed by atoms with Gasteiger partial charge in [0.2, 0.25) is 0 Å². The summed E-state index contributed by atoms with van der Waals surface area (Å²) < 4.78 is 0. The lowest BCUT2D eigenvalue weighted by molar-refractivity contribution is -0.138. The smallest absolute Gasteiger partial charge is 0.251 e. The fourth-order valence-electron chi connectivity index (χ4n) is 2.42. The van der Waals surface area contributed by atoms with Gasteiger partial charge in [0.25, 0.3) is 11.8 Å². The molecule has 2 unspecified atom stereocenters. The maximum Gasteiger partial charge on any atom is 0.251 e. The number of hydrazine groups is 1. The fourth-order valence-corrected chi connectivity index (χ4v) is 3.03. The highest BCUT2D eigenvalue weighted by molar-refractivity contribution is 6.46. The van der Waals surface area contributed by atoms with Gasteiger partial charge in [0.1, 0.15) is 5.82 Å². The van der Waals surface area contributed by atoms with E-state index in [0.717, 1.165) is 5.01 Å². The van der Waals surface area contributed by atoms with E-state index < -0.39 is 0 Å². The molecule has 2 atom stereocenters. The van der Waals surface area contributed by atoms with Crippen molar-refractivity contribution in [3.05, 3.63) is 33.3 Å². The Morgan fingerprint density at radius 2 is 1.65 bits per heavy atom. The molecular formula is C15H12Cl3N3O2. The number of carbonyl (C=O) groups is 2. The molecule has 3 rings (SSSR count). The lowest BCUT2D eigenvalue weighted by Gasteiger charge is -2.17. The van der Waals surface area contributed by atoms with E-state index in [2.05, 4.69) is 10.4 Å². The van der Waals surface area contributed by atoms with Crippen molar-refractivity contribution in [1.82, 2.24) is 9.99 Å². The van der Waals surface area contributed by atoms with Gasteiger partial charge < -0.3 is 0 Å². The number of fused-ring (bicyclic) bond motifs is 1. The van der Waals surface area contributed by atoms with Crippen LogP contribution in [0.3, 0.4) is 0 Å². The summed E-state index contributed by atoms with van der Waals surface area (Å²) in [4.78, 5) is 28.6. The zero-order chi connectivity index (χ0) is 16.9. The molecule has 2 amide bonds. The van der Waals surface area contributed by atoms with Crippen molar-refractivity contribution in [3.8, 4) is 0 Å². The Balaban J connectivity index is 2.03. The maximum atomic E-state index is 12.1. The quantitative estimate of drug-likeness (QED) is 0.804. The van der Waals surface area contributed by atoms with Gasteiger partial charge in [-0.05, 0) is 12.1 Å². The number of hydrogen-bond acceptors (Lipinski definition) is 4. The van der Waals surface area contributed by atoms with Crippen molar-refractivity contribution in [1.29, 1.82) is 0 Å². The predicted molar refractivity (Wildman–Crippen MR) is 90.6 cm³/mol. The molecular weight excluding hydrogens is 361 g/mol. The zero-order valence-corrected chi connectivity index (χ0v) is 14.5. The van der Waals surface area contributed by atoms with E-state index in [1.807, 2.05) is 0 Å². The third-order valence-corrected chi connectivity index (χ3v) is 5.13. The summed E-state index contributed by atoms with van der Waals surface area (Å²) in [5.41, 5.74) is 3.12. The first kappa shape index (κ1) is 16.3. The van der Waals surface area contributed by atoms with Crippen LogP contribution in [0.25, 0.3) is 10.9 Å². The normalized spacial score (nSPS) is 21.3. The topological polar surface area (TPSA) is 62.3 Å². The van der Waals surface area contributed by atoms with Gasteiger partial charge in [-0.1, -0.05) is 48.7 Å². The summed E-state index contributed by atoms with van der Waals surface area (Å²) in [7, 11) is 0.